The van der Waals surface area contributed by atoms with Crippen LogP contribution in [0.4, 0.5) is 0 Å². The highest BCUT2D eigenvalue weighted by Gasteiger charge is 2.29. The Labute approximate surface area is 100 Å². The van der Waals surface area contributed by atoms with Gasteiger partial charge in [-0.3, -0.25) is 4.79 Å². The van der Waals surface area contributed by atoms with E-state index in [0.29, 0.717) is 6.61 Å². The van der Waals surface area contributed by atoms with Crippen LogP contribution in [0.1, 0.15) is 26.7 Å². The van der Waals surface area contributed by atoms with E-state index in [1.54, 1.807) is 0 Å². The van der Waals surface area contributed by atoms with Gasteiger partial charge < -0.3 is 19.9 Å². The third-order valence-electron chi connectivity index (χ3n) is 2.52. The fraction of sp³-hybridized carbons (Fsp3) is 0.818. The zero-order valence-corrected chi connectivity index (χ0v) is 10.2. The summed E-state index contributed by atoms with van der Waals surface area (Å²) in [6, 6.07) is 0.0691. The molecule has 2 N–H and O–H groups in total. The molecule has 1 amide bonds. The van der Waals surface area contributed by atoms with Gasteiger partial charge in [-0.05, 0) is 26.7 Å². The molecule has 1 unspecified atom stereocenters. The van der Waals surface area contributed by atoms with Gasteiger partial charge >= 0.3 is 5.97 Å². The van der Waals surface area contributed by atoms with Crippen LogP contribution >= 0.6 is 0 Å². The number of amides is 1. The number of ether oxygens (including phenoxy) is 2. The average Bonchev–Trinajstić information content (AvgIpc) is 2.14. The molecule has 1 aliphatic rings. The molecule has 1 rings (SSSR count). The van der Waals surface area contributed by atoms with Crippen LogP contribution in [0.5, 0.6) is 0 Å². The summed E-state index contributed by atoms with van der Waals surface area (Å²) in [6.45, 7) is 3.91. The van der Waals surface area contributed by atoms with Crippen molar-refractivity contribution in [2.24, 2.45) is 0 Å². The molecule has 6 nitrogen and oxygen atoms in total. The van der Waals surface area contributed by atoms with E-state index in [1.165, 1.54) is 0 Å². The molecule has 98 valence electrons. The molecule has 0 aromatic carbocycles. The number of hydrogen-bond acceptors (Lipinski definition) is 4. The highest BCUT2D eigenvalue weighted by Crippen LogP contribution is 2.23. The maximum atomic E-state index is 11.4. The number of rotatable bonds is 5. The molecule has 1 atom stereocenters. The second-order valence-corrected chi connectivity index (χ2v) is 4.75. The van der Waals surface area contributed by atoms with Gasteiger partial charge in [0.05, 0.1) is 5.60 Å². The molecule has 0 radical (unpaired) electrons. The van der Waals surface area contributed by atoms with Gasteiger partial charge in [-0.2, -0.15) is 0 Å². The average molecular weight is 245 g/mol. The van der Waals surface area contributed by atoms with Gasteiger partial charge in [-0.25, -0.2) is 4.79 Å². The van der Waals surface area contributed by atoms with Crippen molar-refractivity contribution in [3.63, 3.8) is 0 Å². The van der Waals surface area contributed by atoms with Crippen LogP contribution in [0.3, 0.4) is 0 Å². The molecule has 0 spiro atoms. The summed E-state index contributed by atoms with van der Waals surface area (Å²) in [5.74, 6) is -1.36. The van der Waals surface area contributed by atoms with Crippen molar-refractivity contribution in [2.75, 3.05) is 19.8 Å². The minimum atomic E-state index is -1.08. The molecule has 1 heterocycles. The molecule has 1 fully saturated rings. The van der Waals surface area contributed by atoms with E-state index in [9.17, 15) is 9.59 Å². The Bertz CT molecular complexity index is 290. The van der Waals surface area contributed by atoms with E-state index in [1.807, 2.05) is 13.8 Å². The fourth-order valence-corrected chi connectivity index (χ4v) is 1.86. The van der Waals surface area contributed by atoms with Crippen molar-refractivity contribution >= 4 is 11.9 Å². The maximum absolute atomic E-state index is 11.4. The van der Waals surface area contributed by atoms with Crippen molar-refractivity contribution < 1.29 is 24.2 Å². The number of nitrogens with one attached hydrogen (secondary N) is 1. The van der Waals surface area contributed by atoms with Gasteiger partial charge in [0.25, 0.3) is 0 Å². The first-order valence-electron chi connectivity index (χ1n) is 5.62. The SMILES string of the molecule is CC1(C)CC(NC(=O)COCC(=O)O)CCO1. The smallest absolute Gasteiger partial charge is 0.329 e. The van der Waals surface area contributed by atoms with Gasteiger partial charge in [0.1, 0.15) is 13.2 Å². The molecule has 0 aromatic rings. The topological polar surface area (TPSA) is 84.9 Å². The highest BCUT2D eigenvalue weighted by atomic mass is 16.5. The normalized spacial score (nSPS) is 23.1. The van der Waals surface area contributed by atoms with Crippen LogP contribution in [-0.2, 0) is 19.1 Å². The predicted molar refractivity (Wildman–Crippen MR) is 59.7 cm³/mol. The molecule has 17 heavy (non-hydrogen) atoms. The lowest BCUT2D eigenvalue weighted by atomic mass is 9.94. The molecular formula is C11H19NO5. The van der Waals surface area contributed by atoms with Crippen molar-refractivity contribution in [1.82, 2.24) is 5.32 Å². The van der Waals surface area contributed by atoms with Crippen LogP contribution in [0, 0.1) is 0 Å². The Kier molecular flexibility index (Phi) is 4.89. The number of carbonyl (C=O) groups excluding carboxylic acids is 1. The Morgan fingerprint density at radius 3 is 2.76 bits per heavy atom. The number of carboxylic acid groups (broad SMARTS) is 1. The third kappa shape index (κ3) is 5.65. The third-order valence-corrected chi connectivity index (χ3v) is 2.52. The van der Waals surface area contributed by atoms with Crippen molar-refractivity contribution in [1.29, 1.82) is 0 Å². The molecule has 1 aliphatic heterocycles. The number of carboxylic acids is 1. The van der Waals surface area contributed by atoms with E-state index in [-0.39, 0.29) is 24.2 Å². The summed E-state index contributed by atoms with van der Waals surface area (Å²) in [4.78, 5) is 21.6. The lowest BCUT2D eigenvalue weighted by Gasteiger charge is -2.35. The Morgan fingerprint density at radius 1 is 1.47 bits per heavy atom. The Morgan fingerprint density at radius 2 is 2.18 bits per heavy atom. The van der Waals surface area contributed by atoms with Gasteiger partial charge in [-0.15, -0.1) is 0 Å². The lowest BCUT2D eigenvalue weighted by molar-refractivity contribution is -0.143. The van der Waals surface area contributed by atoms with Crippen LogP contribution in [0.15, 0.2) is 0 Å². The quantitative estimate of drug-likeness (QED) is 0.720. The first kappa shape index (κ1) is 13.9. The molecule has 6 heteroatoms. The van der Waals surface area contributed by atoms with E-state index in [0.717, 1.165) is 12.8 Å². The van der Waals surface area contributed by atoms with Gasteiger partial charge in [0.15, 0.2) is 0 Å². The minimum Gasteiger partial charge on any atom is -0.480 e. The van der Waals surface area contributed by atoms with Crippen molar-refractivity contribution in [3.05, 3.63) is 0 Å². The first-order chi connectivity index (χ1) is 7.89. The maximum Gasteiger partial charge on any atom is 0.329 e. The highest BCUT2D eigenvalue weighted by molar-refractivity contribution is 5.78. The molecule has 0 aliphatic carbocycles. The summed E-state index contributed by atoms with van der Waals surface area (Å²) in [6.07, 6.45) is 1.52. The summed E-state index contributed by atoms with van der Waals surface area (Å²) in [5, 5.41) is 11.2. The van der Waals surface area contributed by atoms with Crippen molar-refractivity contribution in [2.45, 2.75) is 38.3 Å². The fourth-order valence-electron chi connectivity index (χ4n) is 1.86. The molecule has 0 saturated carbocycles. The number of carbonyl (C=O) groups is 2. The van der Waals surface area contributed by atoms with Crippen LogP contribution in [0.25, 0.3) is 0 Å². The molecule has 0 bridgehead atoms. The van der Waals surface area contributed by atoms with E-state index < -0.39 is 12.6 Å². The minimum absolute atomic E-state index is 0.0691. The predicted octanol–water partition coefficient (Wildman–Crippen LogP) is 0.161. The second-order valence-electron chi connectivity index (χ2n) is 4.75. The first-order valence-corrected chi connectivity index (χ1v) is 5.62. The monoisotopic (exact) mass is 245 g/mol. The van der Waals surface area contributed by atoms with Crippen LogP contribution < -0.4 is 5.32 Å². The zero-order valence-electron chi connectivity index (χ0n) is 10.2. The number of hydrogen-bond donors (Lipinski definition) is 2. The summed E-state index contributed by atoms with van der Waals surface area (Å²) in [7, 11) is 0. The largest absolute Gasteiger partial charge is 0.480 e. The Balaban J connectivity index is 2.24. The summed E-state index contributed by atoms with van der Waals surface area (Å²) < 4.78 is 10.2. The van der Waals surface area contributed by atoms with Gasteiger partial charge in [0, 0.05) is 12.6 Å². The second kappa shape index (κ2) is 5.97. The Hall–Kier alpha value is -1.14. The molecular weight excluding hydrogens is 226 g/mol. The zero-order chi connectivity index (χ0) is 12.9. The van der Waals surface area contributed by atoms with Gasteiger partial charge in [-0.1, -0.05) is 0 Å². The van der Waals surface area contributed by atoms with E-state index >= 15 is 0 Å². The summed E-state index contributed by atoms with van der Waals surface area (Å²) in [5.41, 5.74) is -0.224. The van der Waals surface area contributed by atoms with E-state index in [2.05, 4.69) is 5.32 Å². The van der Waals surface area contributed by atoms with Crippen LogP contribution in [-0.4, -0.2) is 48.4 Å². The van der Waals surface area contributed by atoms with Gasteiger partial charge in [0.2, 0.25) is 5.91 Å². The number of aliphatic carboxylic acids is 1. The van der Waals surface area contributed by atoms with Crippen molar-refractivity contribution in [3.8, 4) is 0 Å². The van der Waals surface area contributed by atoms with Crippen LogP contribution in [0.2, 0.25) is 0 Å². The lowest BCUT2D eigenvalue weighted by Crippen LogP contribution is -2.46. The molecule has 1 saturated heterocycles. The molecule has 0 aromatic heterocycles. The standard InChI is InChI=1S/C11H19NO5/c1-11(2)5-8(3-4-17-11)12-9(13)6-16-7-10(14)15/h8H,3-7H2,1-2H3,(H,12,13)(H,14,15). The van der Waals surface area contributed by atoms with E-state index in [4.69, 9.17) is 14.6 Å². The summed E-state index contributed by atoms with van der Waals surface area (Å²) >= 11 is 0.